The van der Waals surface area contributed by atoms with Crippen molar-refractivity contribution < 1.29 is 13.2 Å². The molecule has 0 atom stereocenters. The number of carbonyl (C=O) groups excluding carboxylic acids is 1. The van der Waals surface area contributed by atoms with Gasteiger partial charge in [0.2, 0.25) is 0 Å². The Bertz CT molecular complexity index is 1300. The summed E-state index contributed by atoms with van der Waals surface area (Å²) in [5, 5.41) is 4.74. The van der Waals surface area contributed by atoms with Crippen LogP contribution in [0.5, 0.6) is 0 Å². The predicted octanol–water partition coefficient (Wildman–Crippen LogP) is 3.00. The minimum Gasteiger partial charge on any atom is -0.398 e. The van der Waals surface area contributed by atoms with E-state index in [1.165, 1.54) is 23.0 Å². The molecule has 10 heteroatoms. The summed E-state index contributed by atoms with van der Waals surface area (Å²) in [7, 11) is -3.67. The minimum atomic E-state index is -3.67. The van der Waals surface area contributed by atoms with E-state index in [0.29, 0.717) is 28.0 Å². The lowest BCUT2D eigenvalue weighted by atomic mass is 10.2. The number of nitrogens with zero attached hydrogens (tertiary/aromatic N) is 2. The van der Waals surface area contributed by atoms with E-state index in [4.69, 9.17) is 5.73 Å². The molecule has 3 aromatic carbocycles. The van der Waals surface area contributed by atoms with Gasteiger partial charge in [-0.25, -0.2) is 18.6 Å². The van der Waals surface area contributed by atoms with Crippen molar-refractivity contribution in [2.24, 2.45) is 0 Å². The Morgan fingerprint density at radius 1 is 0.900 bits per heavy atom. The molecule has 0 aliphatic carbocycles. The van der Waals surface area contributed by atoms with Crippen LogP contribution >= 0.6 is 0 Å². The third kappa shape index (κ3) is 3.89. The Hall–Kier alpha value is -4.05. The fourth-order valence-corrected chi connectivity index (χ4v) is 3.93. The Balaban J connectivity index is 1.41. The van der Waals surface area contributed by atoms with Gasteiger partial charge in [-0.2, -0.15) is 9.78 Å². The summed E-state index contributed by atoms with van der Waals surface area (Å²) in [6.45, 7) is 0. The van der Waals surface area contributed by atoms with E-state index in [-0.39, 0.29) is 4.90 Å². The topological polar surface area (TPSA) is 131 Å². The summed E-state index contributed by atoms with van der Waals surface area (Å²) >= 11 is 0. The molecule has 0 saturated carbocycles. The van der Waals surface area contributed by atoms with Gasteiger partial charge in [-0.1, -0.05) is 24.3 Å². The molecule has 0 radical (unpaired) electrons. The van der Waals surface area contributed by atoms with E-state index in [1.54, 1.807) is 60.7 Å². The van der Waals surface area contributed by atoms with Crippen molar-refractivity contribution in [1.82, 2.24) is 15.2 Å². The van der Waals surface area contributed by atoms with E-state index < -0.39 is 16.1 Å². The van der Waals surface area contributed by atoms with Crippen LogP contribution in [-0.2, 0) is 10.0 Å². The molecule has 0 spiro atoms. The molecule has 1 aromatic heterocycles. The molecule has 9 nitrogen and oxygen atoms in total. The van der Waals surface area contributed by atoms with E-state index in [2.05, 4.69) is 20.7 Å². The Morgan fingerprint density at radius 3 is 2.33 bits per heavy atom. The first kappa shape index (κ1) is 19.3. The second kappa shape index (κ2) is 7.76. The number of hydrogen-bond acceptors (Lipinski definition) is 6. The van der Waals surface area contributed by atoms with Gasteiger partial charge in [0.05, 0.1) is 22.3 Å². The van der Waals surface area contributed by atoms with Crippen LogP contribution in [0.1, 0.15) is 0 Å². The molecule has 0 saturated heterocycles. The van der Waals surface area contributed by atoms with E-state index in [0.717, 1.165) is 0 Å². The highest BCUT2D eigenvalue weighted by Gasteiger charge is 2.14. The number of rotatable bonds is 5. The molecule has 4 aromatic rings. The zero-order valence-corrected chi connectivity index (χ0v) is 16.4. The van der Waals surface area contributed by atoms with Crippen LogP contribution in [0.3, 0.4) is 0 Å². The fourth-order valence-electron chi connectivity index (χ4n) is 2.85. The first-order valence-corrected chi connectivity index (χ1v) is 10.4. The fraction of sp³-hybridized carbons (Fsp3) is 0. The number of carbonyl (C=O) groups is 1. The molecule has 0 fully saturated rings. The number of hydrogen-bond donors (Lipinski definition) is 4. The van der Waals surface area contributed by atoms with Gasteiger partial charge in [-0.05, 0) is 48.5 Å². The zero-order valence-electron chi connectivity index (χ0n) is 15.6. The molecule has 5 N–H and O–H groups in total. The van der Waals surface area contributed by atoms with Crippen molar-refractivity contribution in [1.29, 1.82) is 0 Å². The standard InChI is InChI=1S/C20H18N6O3S/c21-18-7-4-8-19-17(18)13-22-26(19)20(27)24-23-14-9-11-15(12-10-14)25-30(28,29)16-5-2-1-3-6-16/h1-13,23,25H,21H2,(H,24,27). The third-order valence-corrected chi connectivity index (χ3v) is 5.74. The average Bonchev–Trinajstić information content (AvgIpc) is 3.19. The number of sulfonamides is 1. The van der Waals surface area contributed by atoms with Gasteiger partial charge in [-0.15, -0.1) is 0 Å². The van der Waals surface area contributed by atoms with E-state index >= 15 is 0 Å². The normalized spacial score (nSPS) is 11.2. The van der Waals surface area contributed by atoms with Crippen LogP contribution in [0.25, 0.3) is 10.9 Å². The summed E-state index contributed by atoms with van der Waals surface area (Å²) in [6.07, 6.45) is 1.53. The average molecular weight is 422 g/mol. The summed E-state index contributed by atoms with van der Waals surface area (Å²) in [6, 6.07) is 19.2. The van der Waals surface area contributed by atoms with Gasteiger partial charge >= 0.3 is 6.03 Å². The number of aromatic nitrogens is 2. The Kier molecular flexibility index (Phi) is 4.98. The number of fused-ring (bicyclic) bond motifs is 1. The smallest absolute Gasteiger partial charge is 0.361 e. The summed E-state index contributed by atoms with van der Waals surface area (Å²) in [5.74, 6) is 0. The van der Waals surface area contributed by atoms with Crippen molar-refractivity contribution in [2.75, 3.05) is 15.9 Å². The van der Waals surface area contributed by atoms with Gasteiger partial charge in [0.25, 0.3) is 10.0 Å². The van der Waals surface area contributed by atoms with Gasteiger partial charge in [0.1, 0.15) is 0 Å². The molecule has 30 heavy (non-hydrogen) atoms. The van der Waals surface area contributed by atoms with Crippen LogP contribution in [0.15, 0.2) is 83.9 Å². The molecule has 152 valence electrons. The second-order valence-electron chi connectivity index (χ2n) is 6.39. The molecule has 0 aliphatic heterocycles. The molecule has 1 amide bonds. The lowest BCUT2D eigenvalue weighted by Gasteiger charge is -2.11. The number of amides is 1. The maximum Gasteiger partial charge on any atom is 0.361 e. The molecular formula is C20H18N6O3S. The van der Waals surface area contributed by atoms with Gasteiger partial charge in [0.15, 0.2) is 0 Å². The first-order chi connectivity index (χ1) is 14.4. The number of benzene rings is 3. The number of nitrogens with two attached hydrogens (primary N) is 1. The molecule has 1 heterocycles. The largest absolute Gasteiger partial charge is 0.398 e. The highest BCUT2D eigenvalue weighted by molar-refractivity contribution is 7.92. The van der Waals surface area contributed by atoms with Crippen molar-refractivity contribution in [3.8, 4) is 0 Å². The van der Waals surface area contributed by atoms with Crippen LogP contribution in [-0.4, -0.2) is 24.2 Å². The summed E-state index contributed by atoms with van der Waals surface area (Å²) < 4.78 is 28.4. The lowest BCUT2D eigenvalue weighted by Crippen LogP contribution is -2.33. The first-order valence-electron chi connectivity index (χ1n) is 8.90. The third-order valence-electron chi connectivity index (χ3n) is 4.34. The predicted molar refractivity (Wildman–Crippen MR) is 115 cm³/mol. The Morgan fingerprint density at radius 2 is 1.60 bits per heavy atom. The summed E-state index contributed by atoms with van der Waals surface area (Å²) in [5.41, 5.74) is 13.3. The summed E-state index contributed by atoms with van der Waals surface area (Å²) in [4.78, 5) is 12.6. The number of hydrazine groups is 1. The van der Waals surface area contributed by atoms with Crippen molar-refractivity contribution in [3.63, 3.8) is 0 Å². The lowest BCUT2D eigenvalue weighted by molar-refractivity contribution is 0.242. The van der Waals surface area contributed by atoms with Crippen molar-refractivity contribution in [3.05, 3.63) is 79.0 Å². The molecule has 4 rings (SSSR count). The number of anilines is 3. The molecule has 0 unspecified atom stereocenters. The molecular weight excluding hydrogens is 404 g/mol. The Labute approximate surface area is 172 Å². The number of nitrogen functional groups attached to an aromatic ring is 1. The minimum absolute atomic E-state index is 0.173. The van der Waals surface area contributed by atoms with Crippen molar-refractivity contribution in [2.45, 2.75) is 4.90 Å². The number of nitrogens with one attached hydrogen (secondary N) is 3. The molecule has 0 aliphatic rings. The maximum atomic E-state index is 12.4. The SMILES string of the molecule is Nc1cccc2c1cnn2C(=O)NNc1ccc(NS(=O)(=O)c2ccccc2)cc1. The van der Waals surface area contributed by atoms with Crippen LogP contribution in [0.2, 0.25) is 0 Å². The monoisotopic (exact) mass is 422 g/mol. The van der Waals surface area contributed by atoms with Gasteiger partial charge in [0, 0.05) is 16.8 Å². The highest BCUT2D eigenvalue weighted by atomic mass is 32.2. The van der Waals surface area contributed by atoms with Crippen LogP contribution < -0.4 is 21.3 Å². The maximum absolute atomic E-state index is 12.4. The quantitative estimate of drug-likeness (QED) is 0.289. The van der Waals surface area contributed by atoms with Crippen LogP contribution in [0, 0.1) is 0 Å². The van der Waals surface area contributed by atoms with Gasteiger partial charge in [-0.3, -0.25) is 10.1 Å². The van der Waals surface area contributed by atoms with E-state index in [1.807, 2.05) is 0 Å². The van der Waals surface area contributed by atoms with Crippen LogP contribution in [0.4, 0.5) is 21.9 Å². The van der Waals surface area contributed by atoms with E-state index in [9.17, 15) is 13.2 Å². The van der Waals surface area contributed by atoms with Gasteiger partial charge < -0.3 is 5.73 Å². The highest BCUT2D eigenvalue weighted by Crippen LogP contribution is 2.20. The second-order valence-corrected chi connectivity index (χ2v) is 8.07. The zero-order chi connectivity index (χ0) is 21.1. The van der Waals surface area contributed by atoms with Crippen molar-refractivity contribution >= 4 is 44.0 Å². The molecule has 0 bridgehead atoms.